The van der Waals surface area contributed by atoms with Crippen LogP contribution in [0, 0.1) is 0 Å². The second kappa shape index (κ2) is 5.55. The van der Waals surface area contributed by atoms with Gasteiger partial charge in [-0.1, -0.05) is 6.07 Å². The molecule has 0 radical (unpaired) electrons. The second-order valence-corrected chi connectivity index (χ2v) is 4.96. The van der Waals surface area contributed by atoms with Crippen molar-refractivity contribution in [1.29, 1.82) is 0 Å². The van der Waals surface area contributed by atoms with E-state index < -0.39 is 0 Å². The molecule has 2 rings (SSSR count). The van der Waals surface area contributed by atoms with E-state index in [1.54, 1.807) is 29.5 Å². The normalized spacial score (nSPS) is 10.2. The van der Waals surface area contributed by atoms with E-state index in [0.29, 0.717) is 23.5 Å². The number of carbonyl (C=O) groups is 1. The lowest BCUT2D eigenvalue weighted by Crippen LogP contribution is -2.26. The lowest BCUT2D eigenvalue weighted by molar-refractivity contribution is 0.0955. The number of nitrogens with two attached hydrogens (primary N) is 2. The molecule has 5 heteroatoms. The maximum absolute atomic E-state index is 11.9. The smallest absolute Gasteiger partial charge is 0.253 e. The predicted molar refractivity (Wildman–Crippen MR) is 75.6 cm³/mol. The summed E-state index contributed by atoms with van der Waals surface area (Å²) in [5, 5.41) is 4.87. The number of nitrogen functional groups attached to an aromatic ring is 2. The molecule has 1 heterocycles. The van der Waals surface area contributed by atoms with E-state index in [1.807, 2.05) is 17.5 Å². The third-order valence-corrected chi connectivity index (χ3v) is 3.49. The number of nitrogens with one attached hydrogen (secondary N) is 1. The Balaban J connectivity index is 1.91. The Morgan fingerprint density at radius 1 is 1.28 bits per heavy atom. The van der Waals surface area contributed by atoms with Crippen LogP contribution in [0.3, 0.4) is 0 Å². The molecule has 1 aromatic carbocycles. The molecule has 5 N–H and O–H groups in total. The molecule has 18 heavy (non-hydrogen) atoms. The molecule has 1 amide bonds. The third kappa shape index (κ3) is 3.01. The van der Waals surface area contributed by atoms with Crippen LogP contribution in [-0.2, 0) is 6.42 Å². The zero-order chi connectivity index (χ0) is 13.0. The fourth-order valence-corrected chi connectivity index (χ4v) is 2.35. The van der Waals surface area contributed by atoms with Crippen molar-refractivity contribution in [2.75, 3.05) is 18.0 Å². The Hall–Kier alpha value is -2.01. The van der Waals surface area contributed by atoms with Crippen molar-refractivity contribution >= 4 is 28.6 Å². The molecule has 0 fully saturated rings. The summed E-state index contributed by atoms with van der Waals surface area (Å²) < 4.78 is 0. The molecule has 0 spiro atoms. The maximum Gasteiger partial charge on any atom is 0.253 e. The minimum Gasteiger partial charge on any atom is -0.399 e. The molecule has 0 saturated carbocycles. The summed E-state index contributed by atoms with van der Waals surface area (Å²) in [5.41, 5.74) is 12.8. The Morgan fingerprint density at radius 3 is 2.78 bits per heavy atom. The van der Waals surface area contributed by atoms with Gasteiger partial charge in [-0.2, -0.15) is 0 Å². The minimum atomic E-state index is -0.163. The Kier molecular flexibility index (Phi) is 3.84. The van der Waals surface area contributed by atoms with E-state index in [4.69, 9.17) is 11.5 Å². The first-order valence-corrected chi connectivity index (χ1v) is 6.50. The number of amides is 1. The fraction of sp³-hybridized carbons (Fsp3) is 0.154. The molecule has 4 nitrogen and oxygen atoms in total. The van der Waals surface area contributed by atoms with Crippen LogP contribution < -0.4 is 16.8 Å². The van der Waals surface area contributed by atoms with E-state index >= 15 is 0 Å². The van der Waals surface area contributed by atoms with Crippen LogP contribution in [0.4, 0.5) is 11.4 Å². The molecular weight excluding hydrogens is 246 g/mol. The van der Waals surface area contributed by atoms with E-state index in [1.165, 1.54) is 4.88 Å². The molecule has 0 aliphatic rings. The van der Waals surface area contributed by atoms with Gasteiger partial charge in [-0.05, 0) is 36.1 Å². The van der Waals surface area contributed by atoms with Crippen LogP contribution >= 0.6 is 11.3 Å². The first kappa shape index (κ1) is 12.4. The molecule has 0 aliphatic carbocycles. The van der Waals surface area contributed by atoms with Gasteiger partial charge < -0.3 is 16.8 Å². The summed E-state index contributed by atoms with van der Waals surface area (Å²) in [6.45, 7) is 0.600. The average molecular weight is 261 g/mol. The summed E-state index contributed by atoms with van der Waals surface area (Å²) in [5.74, 6) is -0.163. The Labute approximate surface area is 110 Å². The topological polar surface area (TPSA) is 81.1 Å². The van der Waals surface area contributed by atoms with Gasteiger partial charge in [-0.15, -0.1) is 11.3 Å². The summed E-state index contributed by atoms with van der Waals surface area (Å²) in [6.07, 6.45) is 0.832. The highest BCUT2D eigenvalue weighted by molar-refractivity contribution is 7.09. The van der Waals surface area contributed by atoms with Crippen LogP contribution in [0.25, 0.3) is 0 Å². The van der Waals surface area contributed by atoms with Gasteiger partial charge in [0.2, 0.25) is 0 Å². The van der Waals surface area contributed by atoms with Gasteiger partial charge in [-0.25, -0.2) is 0 Å². The van der Waals surface area contributed by atoms with Crippen molar-refractivity contribution in [2.45, 2.75) is 6.42 Å². The lowest BCUT2D eigenvalue weighted by atomic mass is 10.1. The maximum atomic E-state index is 11.9. The second-order valence-electron chi connectivity index (χ2n) is 3.93. The highest BCUT2D eigenvalue weighted by atomic mass is 32.1. The highest BCUT2D eigenvalue weighted by Crippen LogP contribution is 2.15. The van der Waals surface area contributed by atoms with Gasteiger partial charge in [-0.3, -0.25) is 4.79 Å². The van der Waals surface area contributed by atoms with Gasteiger partial charge in [0.25, 0.3) is 5.91 Å². The van der Waals surface area contributed by atoms with Gasteiger partial charge >= 0.3 is 0 Å². The number of hydrogen-bond acceptors (Lipinski definition) is 4. The number of anilines is 2. The summed E-state index contributed by atoms with van der Waals surface area (Å²) in [6, 6.07) is 8.96. The van der Waals surface area contributed by atoms with Crippen molar-refractivity contribution in [3.05, 3.63) is 46.2 Å². The van der Waals surface area contributed by atoms with Crippen molar-refractivity contribution < 1.29 is 4.79 Å². The predicted octanol–water partition coefficient (Wildman–Crippen LogP) is 1.89. The molecule has 0 bridgehead atoms. The fourth-order valence-electron chi connectivity index (χ4n) is 1.64. The molecule has 0 aliphatic heterocycles. The van der Waals surface area contributed by atoms with Crippen molar-refractivity contribution in [3.8, 4) is 0 Å². The molecular formula is C13H15N3OS. The van der Waals surface area contributed by atoms with Crippen LogP contribution in [-0.4, -0.2) is 12.5 Å². The molecule has 94 valence electrons. The van der Waals surface area contributed by atoms with E-state index in [-0.39, 0.29) is 5.91 Å². The van der Waals surface area contributed by atoms with E-state index in [0.717, 1.165) is 6.42 Å². The number of rotatable bonds is 4. The van der Waals surface area contributed by atoms with Gasteiger partial charge in [0.1, 0.15) is 0 Å². The van der Waals surface area contributed by atoms with Gasteiger partial charge in [0.05, 0.1) is 5.56 Å². The first-order chi connectivity index (χ1) is 8.66. The number of carbonyl (C=O) groups excluding carboxylic acids is 1. The van der Waals surface area contributed by atoms with Gasteiger partial charge in [0.15, 0.2) is 0 Å². The van der Waals surface area contributed by atoms with Crippen molar-refractivity contribution in [2.24, 2.45) is 0 Å². The molecule has 0 saturated heterocycles. The quantitative estimate of drug-likeness (QED) is 0.735. The van der Waals surface area contributed by atoms with E-state index in [2.05, 4.69) is 5.32 Å². The zero-order valence-electron chi connectivity index (χ0n) is 9.85. The van der Waals surface area contributed by atoms with Crippen LogP contribution in [0.1, 0.15) is 15.2 Å². The molecule has 1 aromatic heterocycles. The van der Waals surface area contributed by atoms with Crippen molar-refractivity contribution in [3.63, 3.8) is 0 Å². The minimum absolute atomic E-state index is 0.163. The third-order valence-electron chi connectivity index (χ3n) is 2.56. The van der Waals surface area contributed by atoms with Crippen LogP contribution in [0.15, 0.2) is 35.7 Å². The van der Waals surface area contributed by atoms with Crippen LogP contribution in [0.5, 0.6) is 0 Å². The van der Waals surface area contributed by atoms with Gasteiger partial charge in [0, 0.05) is 22.8 Å². The number of hydrogen-bond donors (Lipinski definition) is 3. The highest BCUT2D eigenvalue weighted by Gasteiger charge is 2.09. The number of benzene rings is 1. The first-order valence-electron chi connectivity index (χ1n) is 5.62. The zero-order valence-corrected chi connectivity index (χ0v) is 10.7. The molecule has 0 atom stereocenters. The Morgan fingerprint density at radius 2 is 2.11 bits per heavy atom. The van der Waals surface area contributed by atoms with E-state index in [9.17, 15) is 4.79 Å². The average Bonchev–Trinajstić information content (AvgIpc) is 2.81. The summed E-state index contributed by atoms with van der Waals surface area (Å²) in [7, 11) is 0. The monoisotopic (exact) mass is 261 g/mol. The lowest BCUT2D eigenvalue weighted by Gasteiger charge is -2.07. The Bertz CT molecular complexity index is 537. The van der Waals surface area contributed by atoms with Crippen molar-refractivity contribution in [1.82, 2.24) is 5.32 Å². The summed E-state index contributed by atoms with van der Waals surface area (Å²) in [4.78, 5) is 13.1. The number of thiophene rings is 1. The standard InChI is InChI=1S/C13H15N3OS/c14-9-3-4-11(12(15)8-9)13(17)16-6-5-10-2-1-7-18-10/h1-4,7-8H,5-6,14-15H2,(H,16,17). The summed E-state index contributed by atoms with van der Waals surface area (Å²) >= 11 is 1.68. The molecule has 2 aromatic rings. The SMILES string of the molecule is Nc1ccc(C(=O)NCCc2cccs2)c(N)c1. The van der Waals surface area contributed by atoms with Crippen LogP contribution in [0.2, 0.25) is 0 Å². The largest absolute Gasteiger partial charge is 0.399 e. The molecule has 0 unspecified atom stereocenters.